The van der Waals surface area contributed by atoms with Crippen molar-refractivity contribution in [3.05, 3.63) is 42.2 Å². The number of aromatic nitrogens is 2. The lowest BCUT2D eigenvalue weighted by atomic mass is 10.1. The van der Waals surface area contributed by atoms with E-state index < -0.39 is 5.91 Å². The largest absolute Gasteiger partial charge is 0.494 e. The Kier molecular flexibility index (Phi) is 6.05. The number of nitrogens with one attached hydrogen (secondary N) is 1. The van der Waals surface area contributed by atoms with Crippen LogP contribution < -0.4 is 15.8 Å². The third-order valence-electron chi connectivity index (χ3n) is 4.23. The molecule has 3 rings (SSSR count). The van der Waals surface area contributed by atoms with E-state index in [0.717, 1.165) is 5.69 Å². The number of hydrogen-bond acceptors (Lipinski definition) is 6. The lowest BCUT2D eigenvalue weighted by molar-refractivity contribution is -0.128. The number of rotatable bonds is 7. The molecule has 144 valence electrons. The van der Waals surface area contributed by atoms with Crippen LogP contribution in [0.25, 0.3) is 5.69 Å². The molecule has 1 aliphatic heterocycles. The van der Waals surface area contributed by atoms with Gasteiger partial charge in [-0.2, -0.15) is 5.10 Å². The molecule has 2 aromatic rings. The van der Waals surface area contributed by atoms with Crippen molar-refractivity contribution >= 4 is 11.8 Å². The third-order valence-corrected chi connectivity index (χ3v) is 4.23. The molecule has 0 bridgehead atoms. The highest BCUT2D eigenvalue weighted by atomic mass is 16.5. The van der Waals surface area contributed by atoms with Crippen LogP contribution in [0, 0.1) is 0 Å². The molecule has 0 unspecified atom stereocenters. The summed E-state index contributed by atoms with van der Waals surface area (Å²) in [4.78, 5) is 23.5. The monoisotopic (exact) mass is 374 g/mol. The second-order valence-electron chi connectivity index (χ2n) is 6.10. The van der Waals surface area contributed by atoms with Gasteiger partial charge in [0.2, 0.25) is 5.91 Å². The second kappa shape index (κ2) is 8.65. The van der Waals surface area contributed by atoms with E-state index >= 15 is 0 Å². The molecule has 2 heterocycles. The number of carbonyl (C=O) groups excluding carboxylic acids is 2. The average molecular weight is 374 g/mol. The molecule has 1 aromatic heterocycles. The number of methoxy groups -OCH3 is 1. The van der Waals surface area contributed by atoms with Crippen molar-refractivity contribution in [2.75, 3.05) is 26.9 Å². The summed E-state index contributed by atoms with van der Waals surface area (Å²) in [5, 5.41) is 7.12. The molecule has 0 radical (unpaired) electrons. The Hall–Kier alpha value is -2.91. The van der Waals surface area contributed by atoms with Crippen LogP contribution in [0.5, 0.6) is 5.75 Å². The van der Waals surface area contributed by atoms with E-state index in [1.807, 2.05) is 24.3 Å². The molecule has 2 amide bonds. The van der Waals surface area contributed by atoms with E-state index in [-0.39, 0.29) is 24.7 Å². The first-order valence-corrected chi connectivity index (χ1v) is 8.55. The number of primary amides is 1. The fraction of sp³-hybridized carbons (Fsp3) is 0.389. The maximum absolute atomic E-state index is 12.6. The first-order chi connectivity index (χ1) is 13.1. The van der Waals surface area contributed by atoms with Crippen molar-refractivity contribution in [3.8, 4) is 11.4 Å². The minimum atomic E-state index is -0.551. The number of nitrogens with zero attached hydrogens (tertiary/aromatic N) is 2. The summed E-state index contributed by atoms with van der Waals surface area (Å²) in [5.74, 6) is -0.211. The normalized spacial score (nSPS) is 19.4. The minimum absolute atomic E-state index is 0.192. The fourth-order valence-corrected chi connectivity index (χ4v) is 2.88. The molecule has 9 nitrogen and oxygen atoms in total. The molecule has 1 aliphatic rings. The number of para-hydroxylation sites is 2. The number of nitrogens with two attached hydrogens (primary N) is 1. The van der Waals surface area contributed by atoms with Crippen LogP contribution in [0.2, 0.25) is 0 Å². The maximum atomic E-state index is 12.6. The molecule has 9 heteroatoms. The van der Waals surface area contributed by atoms with Gasteiger partial charge in [-0.15, -0.1) is 0 Å². The fourth-order valence-electron chi connectivity index (χ4n) is 2.88. The molecular weight excluding hydrogens is 352 g/mol. The van der Waals surface area contributed by atoms with Crippen molar-refractivity contribution in [2.45, 2.75) is 18.6 Å². The van der Waals surface area contributed by atoms with Gasteiger partial charge in [-0.25, -0.2) is 4.68 Å². The van der Waals surface area contributed by atoms with Crippen LogP contribution in [0.3, 0.4) is 0 Å². The average Bonchev–Trinajstić information content (AvgIpc) is 3.17. The second-order valence-corrected chi connectivity index (χ2v) is 6.10. The van der Waals surface area contributed by atoms with Crippen molar-refractivity contribution < 1.29 is 23.8 Å². The highest BCUT2D eigenvalue weighted by Gasteiger charge is 2.29. The topological polar surface area (TPSA) is 118 Å². The van der Waals surface area contributed by atoms with Crippen LogP contribution in [-0.4, -0.2) is 60.7 Å². The molecule has 2 atom stereocenters. The van der Waals surface area contributed by atoms with Gasteiger partial charge >= 0.3 is 0 Å². The molecule has 0 spiro atoms. The van der Waals surface area contributed by atoms with E-state index in [9.17, 15) is 9.59 Å². The van der Waals surface area contributed by atoms with E-state index in [1.54, 1.807) is 18.0 Å². The van der Waals surface area contributed by atoms with Gasteiger partial charge in [0.25, 0.3) is 5.91 Å². The maximum Gasteiger partial charge on any atom is 0.254 e. The van der Waals surface area contributed by atoms with E-state index in [4.69, 9.17) is 19.9 Å². The zero-order valence-corrected chi connectivity index (χ0v) is 15.0. The first kappa shape index (κ1) is 18.9. The highest BCUT2D eigenvalue weighted by molar-refractivity contribution is 5.94. The summed E-state index contributed by atoms with van der Waals surface area (Å²) in [6.07, 6.45) is 3.33. The Labute approximate surface area is 156 Å². The molecule has 3 N–H and O–H groups in total. The predicted octanol–water partition coefficient (Wildman–Crippen LogP) is 0.270. The number of amides is 2. The Morgan fingerprint density at radius 2 is 2.22 bits per heavy atom. The van der Waals surface area contributed by atoms with E-state index in [1.165, 1.54) is 6.20 Å². The summed E-state index contributed by atoms with van der Waals surface area (Å²) < 4.78 is 17.8. The number of ether oxygens (including phenoxy) is 3. The van der Waals surface area contributed by atoms with Crippen molar-refractivity contribution in [2.24, 2.45) is 5.73 Å². The Balaban J connectivity index is 1.69. The summed E-state index contributed by atoms with van der Waals surface area (Å²) in [5.41, 5.74) is 6.24. The molecule has 27 heavy (non-hydrogen) atoms. The van der Waals surface area contributed by atoms with Crippen LogP contribution in [0.4, 0.5) is 0 Å². The smallest absolute Gasteiger partial charge is 0.254 e. The molecule has 1 saturated heterocycles. The van der Waals surface area contributed by atoms with Gasteiger partial charge < -0.3 is 25.3 Å². The summed E-state index contributed by atoms with van der Waals surface area (Å²) in [7, 11) is 1.57. The van der Waals surface area contributed by atoms with Crippen molar-refractivity contribution in [1.29, 1.82) is 0 Å². The Bertz CT molecular complexity index is 807. The predicted molar refractivity (Wildman–Crippen MR) is 95.7 cm³/mol. The molecular formula is C18H22N4O5. The standard InChI is InChI=1S/C18H22N4O5/c1-25-16-5-3-2-4-14(16)22-9-12(8-20-22)18(24)21-13-10-26-7-6-15(13)27-11-17(19)23/h2-5,8-9,13,15H,6-7,10-11H2,1H3,(H2,19,23)(H,21,24)/t13-,15+/m1/s1. The number of hydrogen-bond donors (Lipinski definition) is 2. The summed E-state index contributed by atoms with van der Waals surface area (Å²) in [6, 6.07) is 7.00. The van der Waals surface area contributed by atoms with Gasteiger partial charge in [-0.1, -0.05) is 12.1 Å². The lowest BCUT2D eigenvalue weighted by Gasteiger charge is -2.31. The number of carbonyl (C=O) groups is 2. The number of benzene rings is 1. The Morgan fingerprint density at radius 3 is 3.00 bits per heavy atom. The van der Waals surface area contributed by atoms with Gasteiger partial charge in [-0.3, -0.25) is 9.59 Å². The first-order valence-electron chi connectivity index (χ1n) is 8.55. The van der Waals surface area contributed by atoms with Gasteiger partial charge in [0.15, 0.2) is 0 Å². The van der Waals surface area contributed by atoms with Crippen LogP contribution in [-0.2, 0) is 14.3 Å². The van der Waals surface area contributed by atoms with Crippen molar-refractivity contribution in [1.82, 2.24) is 15.1 Å². The van der Waals surface area contributed by atoms with E-state index in [0.29, 0.717) is 30.9 Å². The lowest BCUT2D eigenvalue weighted by Crippen LogP contribution is -2.51. The zero-order valence-electron chi connectivity index (χ0n) is 15.0. The molecule has 1 aromatic carbocycles. The van der Waals surface area contributed by atoms with Gasteiger partial charge in [0.05, 0.1) is 37.6 Å². The summed E-state index contributed by atoms with van der Waals surface area (Å²) in [6.45, 7) is 0.611. The molecule has 0 saturated carbocycles. The van der Waals surface area contributed by atoms with Gasteiger partial charge in [-0.05, 0) is 18.6 Å². The quantitative estimate of drug-likeness (QED) is 0.718. The SMILES string of the molecule is COc1ccccc1-n1cc(C(=O)N[C@@H]2COCC[C@@H]2OCC(N)=O)cn1. The van der Waals surface area contributed by atoms with Crippen LogP contribution >= 0.6 is 0 Å². The van der Waals surface area contributed by atoms with Crippen LogP contribution in [0.1, 0.15) is 16.8 Å². The Morgan fingerprint density at radius 1 is 1.41 bits per heavy atom. The highest BCUT2D eigenvalue weighted by Crippen LogP contribution is 2.21. The summed E-state index contributed by atoms with van der Waals surface area (Å²) >= 11 is 0. The zero-order chi connectivity index (χ0) is 19.2. The van der Waals surface area contributed by atoms with Gasteiger partial charge in [0, 0.05) is 12.8 Å². The molecule has 0 aliphatic carbocycles. The van der Waals surface area contributed by atoms with Crippen LogP contribution in [0.15, 0.2) is 36.7 Å². The minimum Gasteiger partial charge on any atom is -0.494 e. The third kappa shape index (κ3) is 4.63. The molecule has 1 fully saturated rings. The van der Waals surface area contributed by atoms with Gasteiger partial charge in [0.1, 0.15) is 18.0 Å². The van der Waals surface area contributed by atoms with Crippen molar-refractivity contribution in [3.63, 3.8) is 0 Å². The van der Waals surface area contributed by atoms with E-state index in [2.05, 4.69) is 10.4 Å².